The molecule has 8 heteroatoms. The number of hydrogen-bond acceptors (Lipinski definition) is 5. The standard InChI is InChI=1S/C15H17Cl2N5O/c1-21(7-14-18-19-20-22(14)9-2-3-9)15-11-4-8(16)5-12(17)10(11)6-13(15)23/h4-5,9,13,15,23H,2-3,6-7H2,1H3/t13-,15-/m1/s1. The summed E-state index contributed by atoms with van der Waals surface area (Å²) in [7, 11) is 1.96. The van der Waals surface area contributed by atoms with E-state index in [1.54, 1.807) is 6.07 Å². The van der Waals surface area contributed by atoms with Crippen molar-refractivity contribution in [3.8, 4) is 0 Å². The number of rotatable bonds is 4. The van der Waals surface area contributed by atoms with E-state index in [0.29, 0.717) is 29.1 Å². The number of fused-ring (bicyclic) bond motifs is 1. The molecule has 1 fully saturated rings. The summed E-state index contributed by atoms with van der Waals surface area (Å²) in [5, 5.41) is 23.7. The molecule has 23 heavy (non-hydrogen) atoms. The highest BCUT2D eigenvalue weighted by atomic mass is 35.5. The van der Waals surface area contributed by atoms with Gasteiger partial charge in [0.05, 0.1) is 24.7 Å². The van der Waals surface area contributed by atoms with Crippen LogP contribution in [0.25, 0.3) is 0 Å². The fraction of sp³-hybridized carbons (Fsp3) is 0.533. The van der Waals surface area contributed by atoms with Gasteiger partial charge in [-0.25, -0.2) is 4.68 Å². The van der Waals surface area contributed by atoms with Crippen LogP contribution >= 0.6 is 23.2 Å². The zero-order valence-electron chi connectivity index (χ0n) is 12.7. The van der Waals surface area contributed by atoms with E-state index in [-0.39, 0.29) is 6.04 Å². The molecule has 0 radical (unpaired) electrons. The number of aliphatic hydroxyl groups is 1. The van der Waals surface area contributed by atoms with E-state index in [1.165, 1.54) is 0 Å². The molecule has 122 valence electrons. The van der Waals surface area contributed by atoms with Crippen molar-refractivity contribution in [3.05, 3.63) is 39.1 Å². The van der Waals surface area contributed by atoms with Crippen LogP contribution in [0, 0.1) is 0 Å². The third kappa shape index (κ3) is 2.74. The van der Waals surface area contributed by atoms with Crippen LogP contribution in [0.2, 0.25) is 10.0 Å². The van der Waals surface area contributed by atoms with Crippen LogP contribution in [0.3, 0.4) is 0 Å². The molecule has 0 amide bonds. The summed E-state index contributed by atoms with van der Waals surface area (Å²) in [5.74, 6) is 0.823. The highest BCUT2D eigenvalue weighted by Crippen LogP contribution is 2.41. The number of aliphatic hydroxyl groups excluding tert-OH is 1. The molecule has 0 unspecified atom stereocenters. The van der Waals surface area contributed by atoms with Gasteiger partial charge >= 0.3 is 0 Å². The smallest absolute Gasteiger partial charge is 0.165 e. The largest absolute Gasteiger partial charge is 0.391 e. The zero-order valence-corrected chi connectivity index (χ0v) is 14.2. The van der Waals surface area contributed by atoms with Crippen molar-refractivity contribution in [2.75, 3.05) is 7.05 Å². The van der Waals surface area contributed by atoms with Gasteiger partial charge in [-0.3, -0.25) is 4.90 Å². The van der Waals surface area contributed by atoms with E-state index < -0.39 is 6.10 Å². The summed E-state index contributed by atoms with van der Waals surface area (Å²) in [6, 6.07) is 3.89. The van der Waals surface area contributed by atoms with Gasteiger partial charge in [-0.1, -0.05) is 23.2 Å². The van der Waals surface area contributed by atoms with Gasteiger partial charge in [0, 0.05) is 16.5 Å². The first-order chi connectivity index (χ1) is 11.0. The third-order valence-electron chi connectivity index (χ3n) is 4.61. The minimum atomic E-state index is -0.517. The van der Waals surface area contributed by atoms with E-state index >= 15 is 0 Å². The molecule has 1 heterocycles. The van der Waals surface area contributed by atoms with Crippen molar-refractivity contribution in [1.82, 2.24) is 25.1 Å². The molecule has 0 aliphatic heterocycles. The lowest BCUT2D eigenvalue weighted by molar-refractivity contribution is 0.0703. The van der Waals surface area contributed by atoms with Crippen LogP contribution in [0.1, 0.15) is 41.9 Å². The minimum absolute atomic E-state index is 0.162. The first kappa shape index (κ1) is 15.3. The number of nitrogens with zero attached hydrogens (tertiary/aromatic N) is 5. The van der Waals surface area contributed by atoms with Crippen LogP contribution in [0.15, 0.2) is 12.1 Å². The molecule has 4 rings (SSSR count). The molecular weight excluding hydrogens is 337 g/mol. The number of likely N-dealkylation sites (N-methyl/N-ethyl adjacent to an activating group) is 1. The van der Waals surface area contributed by atoms with Gasteiger partial charge < -0.3 is 5.11 Å². The molecule has 6 nitrogen and oxygen atoms in total. The highest BCUT2D eigenvalue weighted by molar-refractivity contribution is 6.35. The topological polar surface area (TPSA) is 67.1 Å². The van der Waals surface area contributed by atoms with Gasteiger partial charge in [-0.2, -0.15) is 0 Å². The number of tetrazole rings is 1. The van der Waals surface area contributed by atoms with Crippen molar-refractivity contribution in [1.29, 1.82) is 0 Å². The minimum Gasteiger partial charge on any atom is -0.391 e. The van der Waals surface area contributed by atoms with Crippen LogP contribution < -0.4 is 0 Å². The van der Waals surface area contributed by atoms with Crippen molar-refractivity contribution < 1.29 is 5.11 Å². The molecular formula is C15H17Cl2N5O. The molecule has 0 saturated heterocycles. The van der Waals surface area contributed by atoms with Crippen LogP contribution in [-0.4, -0.2) is 43.4 Å². The summed E-state index contributed by atoms with van der Waals surface area (Å²) in [5.41, 5.74) is 1.96. The molecule has 2 aromatic rings. The van der Waals surface area contributed by atoms with Gasteiger partial charge in [0.2, 0.25) is 0 Å². The van der Waals surface area contributed by atoms with Gasteiger partial charge in [-0.15, -0.1) is 5.10 Å². The predicted octanol–water partition coefficient (Wildman–Crippen LogP) is 2.40. The Labute approximate surface area is 144 Å². The summed E-state index contributed by atoms with van der Waals surface area (Å²) >= 11 is 12.4. The molecule has 2 aliphatic carbocycles. The quantitative estimate of drug-likeness (QED) is 0.913. The highest BCUT2D eigenvalue weighted by Gasteiger charge is 2.37. The van der Waals surface area contributed by atoms with E-state index in [1.807, 2.05) is 17.8 Å². The second-order valence-corrected chi connectivity index (χ2v) is 7.20. The molecule has 1 saturated carbocycles. The van der Waals surface area contributed by atoms with Gasteiger partial charge in [0.25, 0.3) is 0 Å². The van der Waals surface area contributed by atoms with Crippen molar-refractivity contribution >= 4 is 23.2 Å². The summed E-state index contributed by atoms with van der Waals surface area (Å²) in [4.78, 5) is 2.06. The van der Waals surface area contributed by atoms with E-state index in [2.05, 4.69) is 20.4 Å². The van der Waals surface area contributed by atoms with E-state index in [9.17, 15) is 5.11 Å². The lowest BCUT2D eigenvalue weighted by atomic mass is 10.1. The Balaban J connectivity index is 1.61. The monoisotopic (exact) mass is 353 g/mol. The fourth-order valence-electron chi connectivity index (χ4n) is 3.40. The molecule has 2 atom stereocenters. The van der Waals surface area contributed by atoms with E-state index in [0.717, 1.165) is 29.8 Å². The number of aromatic nitrogens is 4. The van der Waals surface area contributed by atoms with Gasteiger partial charge in [0.1, 0.15) is 0 Å². The molecule has 0 spiro atoms. The first-order valence-electron chi connectivity index (χ1n) is 7.67. The van der Waals surface area contributed by atoms with Crippen LogP contribution in [0.4, 0.5) is 0 Å². The maximum absolute atomic E-state index is 10.5. The molecule has 1 aromatic carbocycles. The van der Waals surface area contributed by atoms with Crippen molar-refractivity contribution in [3.63, 3.8) is 0 Å². The van der Waals surface area contributed by atoms with Gasteiger partial charge in [-0.05, 0) is 53.6 Å². The average molecular weight is 354 g/mol. The number of hydrogen-bond donors (Lipinski definition) is 1. The fourth-order valence-corrected chi connectivity index (χ4v) is 3.99. The summed E-state index contributed by atoms with van der Waals surface area (Å²) < 4.78 is 1.89. The molecule has 2 aliphatic rings. The summed E-state index contributed by atoms with van der Waals surface area (Å²) in [6.07, 6.45) is 2.27. The second-order valence-electron chi connectivity index (χ2n) is 6.36. The maximum Gasteiger partial charge on any atom is 0.165 e. The lowest BCUT2D eigenvalue weighted by Gasteiger charge is -2.27. The molecule has 1 N–H and O–H groups in total. The van der Waals surface area contributed by atoms with E-state index in [4.69, 9.17) is 23.2 Å². The number of halogens is 2. The first-order valence-corrected chi connectivity index (χ1v) is 8.43. The summed E-state index contributed by atoms with van der Waals surface area (Å²) in [6.45, 7) is 0.564. The van der Waals surface area contributed by atoms with Gasteiger partial charge in [0.15, 0.2) is 5.82 Å². The lowest BCUT2D eigenvalue weighted by Crippen LogP contribution is -2.31. The average Bonchev–Trinajstić information content (AvgIpc) is 3.13. The Morgan fingerprint density at radius 1 is 1.35 bits per heavy atom. The normalized spacial score (nSPS) is 23.5. The predicted molar refractivity (Wildman–Crippen MR) is 86.5 cm³/mol. The zero-order chi connectivity index (χ0) is 16.1. The Morgan fingerprint density at radius 3 is 2.87 bits per heavy atom. The Morgan fingerprint density at radius 2 is 2.13 bits per heavy atom. The maximum atomic E-state index is 10.5. The second kappa shape index (κ2) is 5.70. The SMILES string of the molecule is CN(Cc1nnnn1C1CC1)[C@@H]1c2cc(Cl)cc(Cl)c2C[C@H]1O. The van der Waals surface area contributed by atoms with Crippen LogP contribution in [-0.2, 0) is 13.0 Å². The van der Waals surface area contributed by atoms with Crippen LogP contribution in [0.5, 0.6) is 0 Å². The molecule has 1 aromatic heterocycles. The molecule has 0 bridgehead atoms. The third-order valence-corrected chi connectivity index (χ3v) is 5.17. The Hall–Kier alpha value is -1.21. The number of benzene rings is 1. The Kier molecular flexibility index (Phi) is 3.80. The van der Waals surface area contributed by atoms with Crippen molar-refractivity contribution in [2.24, 2.45) is 0 Å². The van der Waals surface area contributed by atoms with Crippen molar-refractivity contribution in [2.45, 2.75) is 44.0 Å². The Bertz CT molecular complexity index is 745.